The third kappa shape index (κ3) is 4.45. The van der Waals surface area contributed by atoms with E-state index in [-0.39, 0.29) is 6.61 Å². The number of fused-ring (bicyclic) bond motifs is 1. The van der Waals surface area contributed by atoms with Crippen LogP contribution in [0.15, 0.2) is 41.5 Å². The van der Waals surface area contributed by atoms with Gasteiger partial charge in [-0.15, -0.1) is 0 Å². The Hall–Kier alpha value is -3.33. The van der Waals surface area contributed by atoms with Gasteiger partial charge in [0.05, 0.1) is 30.7 Å². The summed E-state index contributed by atoms with van der Waals surface area (Å²) < 4.78 is 17.1. The van der Waals surface area contributed by atoms with E-state index in [0.717, 1.165) is 10.2 Å². The van der Waals surface area contributed by atoms with E-state index < -0.39 is 5.91 Å². The number of nitrogens with zero attached hydrogens (tertiary/aromatic N) is 2. The van der Waals surface area contributed by atoms with Gasteiger partial charge in [0.1, 0.15) is 0 Å². The minimum Gasteiger partial charge on any atom is -0.493 e. The number of carbonyl (C=O) groups is 1. The number of thiazole rings is 1. The van der Waals surface area contributed by atoms with Crippen LogP contribution in [-0.2, 0) is 4.79 Å². The van der Waals surface area contributed by atoms with Crippen molar-refractivity contribution in [1.82, 2.24) is 4.98 Å². The van der Waals surface area contributed by atoms with E-state index >= 15 is 0 Å². The molecule has 3 aromatic rings. The third-order valence-corrected chi connectivity index (χ3v) is 4.45. The third-order valence-electron chi connectivity index (χ3n) is 3.51. The molecule has 2 aromatic carbocycles. The number of para-hydroxylation sites is 1. The van der Waals surface area contributed by atoms with Crippen molar-refractivity contribution in [1.29, 1.82) is 0 Å². The summed E-state index contributed by atoms with van der Waals surface area (Å²) in [6.45, 7) is -0.278. The summed E-state index contributed by atoms with van der Waals surface area (Å²) in [6.07, 6.45) is 1.61. The van der Waals surface area contributed by atoms with Crippen LogP contribution in [0.2, 0.25) is 0 Å². The number of rotatable bonds is 8. The van der Waals surface area contributed by atoms with Crippen LogP contribution in [0.4, 0.5) is 5.13 Å². The maximum Gasteiger partial charge on any atom is 0.255 e. The van der Waals surface area contributed by atoms with Gasteiger partial charge in [-0.1, -0.05) is 23.5 Å². The van der Waals surface area contributed by atoms with E-state index in [4.69, 9.17) is 19.9 Å². The summed E-state index contributed by atoms with van der Waals surface area (Å²) in [5.74, 6) is 0.508. The Labute approximate surface area is 159 Å². The lowest BCUT2D eigenvalue weighted by molar-refractivity contribution is -0.119. The predicted octanol–water partition coefficient (Wildman–Crippen LogP) is 2.62. The van der Waals surface area contributed by atoms with E-state index in [1.807, 2.05) is 24.3 Å². The smallest absolute Gasteiger partial charge is 0.255 e. The van der Waals surface area contributed by atoms with Crippen molar-refractivity contribution >= 4 is 38.8 Å². The summed E-state index contributed by atoms with van der Waals surface area (Å²) in [5, 5.41) is 4.90. The van der Waals surface area contributed by atoms with E-state index in [1.54, 1.807) is 18.3 Å². The van der Waals surface area contributed by atoms with Crippen molar-refractivity contribution in [3.05, 3.63) is 42.0 Å². The zero-order valence-corrected chi connectivity index (χ0v) is 15.6. The number of nitrogens with one attached hydrogen (secondary N) is 1. The fourth-order valence-electron chi connectivity index (χ4n) is 2.34. The number of nitrogens with two attached hydrogens (primary N) is 1. The van der Waals surface area contributed by atoms with Crippen molar-refractivity contribution in [2.45, 2.75) is 0 Å². The molecule has 0 spiro atoms. The summed E-state index contributed by atoms with van der Waals surface area (Å²) in [6, 6.07) is 11.3. The molecule has 0 saturated heterocycles. The number of aromatic nitrogens is 1. The molecule has 1 aromatic heterocycles. The molecule has 9 heteroatoms. The van der Waals surface area contributed by atoms with Gasteiger partial charge in [-0.25, -0.2) is 4.98 Å². The van der Waals surface area contributed by atoms with Crippen molar-refractivity contribution in [2.24, 2.45) is 10.8 Å². The number of hydrazone groups is 1. The minimum absolute atomic E-state index is 0.278. The van der Waals surface area contributed by atoms with Gasteiger partial charge in [0.25, 0.3) is 5.91 Å². The van der Waals surface area contributed by atoms with Gasteiger partial charge in [0.15, 0.2) is 18.1 Å². The lowest BCUT2D eigenvalue weighted by atomic mass is 10.2. The molecule has 27 heavy (non-hydrogen) atoms. The van der Waals surface area contributed by atoms with Gasteiger partial charge in [-0.2, -0.15) is 5.10 Å². The fourth-order valence-corrected chi connectivity index (χ4v) is 3.16. The zero-order valence-electron chi connectivity index (χ0n) is 14.8. The summed E-state index contributed by atoms with van der Waals surface area (Å²) >= 11 is 1.51. The van der Waals surface area contributed by atoms with E-state index in [1.165, 1.54) is 25.6 Å². The number of anilines is 1. The SMILES string of the molecule is COc1cc(/C=N\Nc2nc3ccccc3s2)cc(OC)c1OCC(N)=O. The van der Waals surface area contributed by atoms with Crippen molar-refractivity contribution in [3.63, 3.8) is 0 Å². The molecule has 1 amide bonds. The van der Waals surface area contributed by atoms with Gasteiger partial charge >= 0.3 is 0 Å². The number of benzene rings is 2. The summed E-state index contributed by atoms with van der Waals surface area (Å²) in [5.41, 5.74) is 9.67. The van der Waals surface area contributed by atoms with Crippen LogP contribution in [0, 0.1) is 0 Å². The second-order valence-corrected chi connectivity index (χ2v) is 6.40. The first-order valence-electron chi connectivity index (χ1n) is 7.92. The average Bonchev–Trinajstić information content (AvgIpc) is 3.08. The highest BCUT2D eigenvalue weighted by Crippen LogP contribution is 2.38. The molecular formula is C18H18N4O4S. The normalized spacial score (nSPS) is 10.9. The van der Waals surface area contributed by atoms with Gasteiger partial charge in [-0.05, 0) is 24.3 Å². The molecule has 0 unspecified atom stereocenters. The first-order valence-corrected chi connectivity index (χ1v) is 8.74. The standard InChI is InChI=1S/C18H18N4O4S/c1-24-13-7-11(8-14(25-2)17(13)26-10-16(19)23)9-20-22-18-21-12-5-3-4-6-15(12)27-18/h3-9H,10H2,1-2H3,(H2,19,23)(H,21,22)/b20-9-. The number of primary amides is 1. The zero-order chi connectivity index (χ0) is 19.2. The Kier molecular flexibility index (Phi) is 5.72. The predicted molar refractivity (Wildman–Crippen MR) is 105 cm³/mol. The number of amides is 1. The molecule has 0 atom stereocenters. The number of carbonyl (C=O) groups excluding carboxylic acids is 1. The van der Waals surface area contributed by atoms with Crippen molar-refractivity contribution in [2.75, 3.05) is 26.3 Å². The molecular weight excluding hydrogens is 368 g/mol. The topological polar surface area (TPSA) is 108 Å². The average molecular weight is 386 g/mol. The Morgan fingerprint density at radius 3 is 2.59 bits per heavy atom. The van der Waals surface area contributed by atoms with Gasteiger partial charge in [0.2, 0.25) is 10.9 Å². The molecule has 0 bridgehead atoms. The molecule has 8 nitrogen and oxygen atoms in total. The highest BCUT2D eigenvalue weighted by molar-refractivity contribution is 7.22. The fraction of sp³-hybridized carbons (Fsp3) is 0.167. The van der Waals surface area contributed by atoms with Crippen molar-refractivity contribution in [3.8, 4) is 17.2 Å². The quantitative estimate of drug-likeness (QED) is 0.455. The first-order chi connectivity index (χ1) is 13.1. The lowest BCUT2D eigenvalue weighted by Gasteiger charge is -2.14. The minimum atomic E-state index is -0.593. The highest BCUT2D eigenvalue weighted by atomic mass is 32.1. The number of ether oxygens (including phenoxy) is 3. The van der Waals surface area contributed by atoms with Crippen LogP contribution in [-0.4, -0.2) is 37.9 Å². The first kappa shape index (κ1) is 18.5. The molecule has 1 heterocycles. The second kappa shape index (κ2) is 8.37. The largest absolute Gasteiger partial charge is 0.493 e. The van der Waals surface area contributed by atoms with E-state index in [0.29, 0.717) is 27.9 Å². The van der Waals surface area contributed by atoms with Crippen LogP contribution < -0.4 is 25.4 Å². The summed E-state index contributed by atoms with van der Waals surface area (Å²) in [7, 11) is 2.98. The van der Waals surface area contributed by atoms with Gasteiger partial charge in [0, 0.05) is 5.56 Å². The molecule has 0 fully saturated rings. The monoisotopic (exact) mass is 386 g/mol. The van der Waals surface area contributed by atoms with Crippen LogP contribution in [0.25, 0.3) is 10.2 Å². The lowest BCUT2D eigenvalue weighted by Crippen LogP contribution is -2.20. The molecule has 0 radical (unpaired) electrons. The van der Waals surface area contributed by atoms with Crippen LogP contribution in [0.5, 0.6) is 17.2 Å². The molecule has 0 aliphatic rings. The Morgan fingerprint density at radius 2 is 1.96 bits per heavy atom. The molecule has 0 aliphatic carbocycles. The number of hydrogen-bond donors (Lipinski definition) is 2. The molecule has 140 valence electrons. The molecule has 3 rings (SSSR count). The molecule has 0 aliphatic heterocycles. The molecule has 0 saturated carbocycles. The molecule has 3 N–H and O–H groups in total. The number of methoxy groups -OCH3 is 2. The summed E-state index contributed by atoms with van der Waals surface area (Å²) in [4.78, 5) is 15.4. The Bertz CT molecular complexity index is 928. The van der Waals surface area contributed by atoms with Crippen LogP contribution >= 0.6 is 11.3 Å². The number of hydrogen-bond acceptors (Lipinski definition) is 8. The van der Waals surface area contributed by atoms with Crippen LogP contribution in [0.3, 0.4) is 0 Å². The van der Waals surface area contributed by atoms with Gasteiger partial charge < -0.3 is 19.9 Å². The Balaban J connectivity index is 1.79. The second-order valence-electron chi connectivity index (χ2n) is 5.37. The van der Waals surface area contributed by atoms with E-state index in [9.17, 15) is 4.79 Å². The maximum absolute atomic E-state index is 11.0. The van der Waals surface area contributed by atoms with Crippen molar-refractivity contribution < 1.29 is 19.0 Å². The maximum atomic E-state index is 11.0. The van der Waals surface area contributed by atoms with E-state index in [2.05, 4.69) is 15.5 Å². The highest BCUT2D eigenvalue weighted by Gasteiger charge is 2.14. The van der Waals surface area contributed by atoms with Crippen LogP contribution in [0.1, 0.15) is 5.56 Å². The Morgan fingerprint density at radius 1 is 1.26 bits per heavy atom. The van der Waals surface area contributed by atoms with Gasteiger partial charge in [-0.3, -0.25) is 10.2 Å².